The van der Waals surface area contributed by atoms with Crippen LogP contribution >= 0.6 is 0 Å². The van der Waals surface area contributed by atoms with Crippen LogP contribution in [0.4, 0.5) is 11.4 Å². The summed E-state index contributed by atoms with van der Waals surface area (Å²) in [5, 5.41) is 4.27. The third-order valence-corrected chi connectivity index (χ3v) is 6.73. The molecule has 2 aromatic carbocycles. The van der Waals surface area contributed by atoms with E-state index in [-0.39, 0.29) is 6.17 Å². The topological polar surface area (TPSA) is 94.6 Å². The summed E-state index contributed by atoms with van der Waals surface area (Å²) >= 11 is 0. The second-order valence-electron chi connectivity index (χ2n) is 9.15. The summed E-state index contributed by atoms with van der Waals surface area (Å²) in [5.74, 6) is 1.49. The largest absolute Gasteiger partial charge is 0.497 e. The van der Waals surface area contributed by atoms with Crippen molar-refractivity contribution in [3.63, 3.8) is 0 Å². The summed E-state index contributed by atoms with van der Waals surface area (Å²) in [4.78, 5) is 14.2. The SMILES string of the molecule is COc1cc(OC)cc(N(CCCN2CCC[C@H]2N)c2ccc3ncc(-c4cnn(C)c4)nc3c2)c1. The van der Waals surface area contributed by atoms with E-state index in [1.807, 2.05) is 37.5 Å². The van der Waals surface area contributed by atoms with Crippen LogP contribution in [0.15, 0.2) is 55.0 Å². The Hall–Kier alpha value is -3.69. The molecule has 9 nitrogen and oxygen atoms in total. The van der Waals surface area contributed by atoms with E-state index < -0.39 is 0 Å². The Labute approximate surface area is 211 Å². The monoisotopic (exact) mass is 487 g/mol. The quantitative estimate of drug-likeness (QED) is 0.379. The van der Waals surface area contributed by atoms with Crippen molar-refractivity contribution in [3.05, 3.63) is 55.0 Å². The molecule has 0 bridgehead atoms. The highest BCUT2D eigenvalue weighted by molar-refractivity contribution is 5.82. The number of aryl methyl sites for hydroxylation is 1. The van der Waals surface area contributed by atoms with Crippen molar-refractivity contribution < 1.29 is 9.47 Å². The number of hydrogen-bond acceptors (Lipinski definition) is 8. The predicted octanol–water partition coefficient (Wildman–Crippen LogP) is 3.96. The zero-order valence-corrected chi connectivity index (χ0v) is 21.1. The summed E-state index contributed by atoms with van der Waals surface area (Å²) in [5.41, 5.74) is 11.7. The van der Waals surface area contributed by atoms with Gasteiger partial charge in [-0.2, -0.15) is 5.10 Å². The Morgan fingerprint density at radius 3 is 2.50 bits per heavy atom. The van der Waals surface area contributed by atoms with Crippen LogP contribution in [0.5, 0.6) is 11.5 Å². The lowest BCUT2D eigenvalue weighted by Gasteiger charge is -2.28. The zero-order valence-electron chi connectivity index (χ0n) is 21.1. The fourth-order valence-electron chi connectivity index (χ4n) is 4.78. The fraction of sp³-hybridized carbons (Fsp3) is 0.370. The number of methoxy groups -OCH3 is 2. The Balaban J connectivity index is 1.50. The molecule has 3 heterocycles. The molecule has 0 amide bonds. The van der Waals surface area contributed by atoms with Crippen LogP contribution in [0.1, 0.15) is 19.3 Å². The molecule has 1 aliphatic heterocycles. The molecule has 0 aliphatic carbocycles. The predicted molar refractivity (Wildman–Crippen MR) is 142 cm³/mol. The van der Waals surface area contributed by atoms with Gasteiger partial charge in [0.05, 0.1) is 49.5 Å². The fourth-order valence-corrected chi connectivity index (χ4v) is 4.78. The summed E-state index contributed by atoms with van der Waals surface area (Å²) in [6.07, 6.45) is 8.90. The van der Waals surface area contributed by atoms with Crippen molar-refractivity contribution in [1.29, 1.82) is 0 Å². The van der Waals surface area contributed by atoms with Gasteiger partial charge in [-0.15, -0.1) is 0 Å². The first kappa shape index (κ1) is 24.0. The molecule has 4 aromatic rings. The standard InChI is InChI=1S/C27H33N7O2/c1-32-18-19(16-30-32)26-17-29-24-8-7-20(14-25(24)31-26)34(11-5-10-33-9-4-6-27(33)28)21-12-22(35-2)15-23(13-21)36-3/h7-8,12-18,27H,4-6,9-11,28H2,1-3H3/t27-/m0/s1. The molecule has 0 spiro atoms. The van der Waals surface area contributed by atoms with E-state index in [4.69, 9.17) is 20.2 Å². The van der Waals surface area contributed by atoms with Gasteiger partial charge in [0, 0.05) is 61.5 Å². The molecule has 0 unspecified atom stereocenters. The van der Waals surface area contributed by atoms with E-state index in [1.54, 1.807) is 31.3 Å². The summed E-state index contributed by atoms with van der Waals surface area (Å²) in [6, 6.07) is 12.2. The van der Waals surface area contributed by atoms with Crippen LogP contribution in [0.25, 0.3) is 22.3 Å². The Morgan fingerprint density at radius 1 is 1.03 bits per heavy atom. The number of ether oxygens (including phenoxy) is 2. The lowest BCUT2D eigenvalue weighted by Crippen LogP contribution is -2.38. The second-order valence-corrected chi connectivity index (χ2v) is 9.15. The number of anilines is 2. The van der Waals surface area contributed by atoms with Crippen molar-refractivity contribution in [1.82, 2.24) is 24.6 Å². The van der Waals surface area contributed by atoms with Gasteiger partial charge in [0.1, 0.15) is 11.5 Å². The van der Waals surface area contributed by atoms with Gasteiger partial charge in [0.2, 0.25) is 0 Å². The van der Waals surface area contributed by atoms with Crippen LogP contribution in [0.3, 0.4) is 0 Å². The minimum Gasteiger partial charge on any atom is -0.497 e. The molecular formula is C27H33N7O2. The second kappa shape index (κ2) is 10.5. The van der Waals surface area contributed by atoms with Crippen LogP contribution in [-0.2, 0) is 7.05 Å². The average Bonchev–Trinajstić information content (AvgIpc) is 3.53. The number of fused-ring (bicyclic) bond motifs is 1. The normalized spacial score (nSPS) is 15.9. The molecule has 36 heavy (non-hydrogen) atoms. The molecule has 1 fully saturated rings. The lowest BCUT2D eigenvalue weighted by molar-refractivity contribution is 0.257. The molecule has 5 rings (SSSR count). The number of aromatic nitrogens is 4. The average molecular weight is 488 g/mol. The molecule has 0 saturated carbocycles. The summed E-state index contributed by atoms with van der Waals surface area (Å²) in [7, 11) is 5.23. The van der Waals surface area contributed by atoms with Crippen LogP contribution in [0, 0.1) is 0 Å². The molecule has 2 aromatic heterocycles. The van der Waals surface area contributed by atoms with Crippen molar-refractivity contribution >= 4 is 22.4 Å². The van der Waals surface area contributed by atoms with Crippen molar-refractivity contribution in [2.45, 2.75) is 25.4 Å². The number of rotatable bonds is 9. The van der Waals surface area contributed by atoms with Gasteiger partial charge < -0.3 is 20.1 Å². The van der Waals surface area contributed by atoms with Crippen LogP contribution in [-0.4, -0.2) is 64.7 Å². The van der Waals surface area contributed by atoms with Gasteiger partial charge in [-0.3, -0.25) is 14.6 Å². The number of benzene rings is 2. The van der Waals surface area contributed by atoms with E-state index in [9.17, 15) is 0 Å². The Morgan fingerprint density at radius 2 is 1.83 bits per heavy atom. The molecule has 1 aliphatic rings. The van der Waals surface area contributed by atoms with Gasteiger partial charge in [0.25, 0.3) is 0 Å². The summed E-state index contributed by atoms with van der Waals surface area (Å²) in [6.45, 7) is 2.83. The van der Waals surface area contributed by atoms with Crippen molar-refractivity contribution in [2.24, 2.45) is 12.8 Å². The van der Waals surface area contributed by atoms with Crippen LogP contribution < -0.4 is 20.1 Å². The first-order chi connectivity index (χ1) is 17.5. The third kappa shape index (κ3) is 5.12. The Bertz CT molecular complexity index is 1320. The third-order valence-electron chi connectivity index (χ3n) is 6.73. The van der Waals surface area contributed by atoms with Crippen LogP contribution in [0.2, 0.25) is 0 Å². The number of likely N-dealkylation sites (tertiary alicyclic amines) is 1. The van der Waals surface area contributed by atoms with E-state index in [2.05, 4.69) is 32.0 Å². The number of nitrogens with zero attached hydrogens (tertiary/aromatic N) is 6. The van der Waals surface area contributed by atoms with Gasteiger partial charge in [-0.25, -0.2) is 4.98 Å². The molecule has 188 valence electrons. The van der Waals surface area contributed by atoms with Gasteiger partial charge in [-0.1, -0.05) is 0 Å². The van der Waals surface area contributed by atoms with E-state index in [0.717, 1.165) is 77.6 Å². The maximum atomic E-state index is 6.28. The molecular weight excluding hydrogens is 454 g/mol. The highest BCUT2D eigenvalue weighted by atomic mass is 16.5. The first-order valence-corrected chi connectivity index (χ1v) is 12.3. The lowest BCUT2D eigenvalue weighted by atomic mass is 10.1. The molecule has 0 radical (unpaired) electrons. The maximum absolute atomic E-state index is 6.28. The van der Waals surface area contributed by atoms with Crippen molar-refractivity contribution in [2.75, 3.05) is 38.8 Å². The highest BCUT2D eigenvalue weighted by Crippen LogP contribution is 2.34. The molecule has 1 atom stereocenters. The van der Waals surface area contributed by atoms with E-state index in [0.29, 0.717) is 0 Å². The smallest absolute Gasteiger partial charge is 0.124 e. The first-order valence-electron chi connectivity index (χ1n) is 12.3. The molecule has 9 heteroatoms. The van der Waals surface area contributed by atoms with E-state index in [1.165, 1.54) is 6.42 Å². The zero-order chi connectivity index (χ0) is 25.1. The van der Waals surface area contributed by atoms with Gasteiger partial charge >= 0.3 is 0 Å². The number of hydrogen-bond donors (Lipinski definition) is 1. The van der Waals surface area contributed by atoms with Gasteiger partial charge in [-0.05, 0) is 44.0 Å². The van der Waals surface area contributed by atoms with E-state index >= 15 is 0 Å². The minimum atomic E-state index is 0.164. The highest BCUT2D eigenvalue weighted by Gasteiger charge is 2.21. The molecule has 2 N–H and O–H groups in total. The summed E-state index contributed by atoms with van der Waals surface area (Å²) < 4.78 is 12.9. The minimum absolute atomic E-state index is 0.164. The number of nitrogens with two attached hydrogens (primary N) is 1. The maximum Gasteiger partial charge on any atom is 0.124 e. The van der Waals surface area contributed by atoms with Gasteiger partial charge in [0.15, 0.2) is 0 Å². The Kier molecular flexibility index (Phi) is 7.02. The molecule has 1 saturated heterocycles. The van der Waals surface area contributed by atoms with Crippen molar-refractivity contribution in [3.8, 4) is 22.8 Å².